The highest BCUT2D eigenvalue weighted by molar-refractivity contribution is 5.60. The van der Waals surface area contributed by atoms with Crippen LogP contribution >= 0.6 is 0 Å². The van der Waals surface area contributed by atoms with Crippen molar-refractivity contribution in [2.24, 2.45) is 0 Å². The fraction of sp³-hybridized carbons (Fsp3) is 0.0667. The zero-order valence-electron chi connectivity index (χ0n) is 9.96. The first kappa shape index (κ1) is 11.3. The molecule has 1 aliphatic carbocycles. The molecule has 1 saturated carbocycles. The summed E-state index contributed by atoms with van der Waals surface area (Å²) in [6.07, 6.45) is 7.99. The molecule has 0 aliphatic heterocycles. The van der Waals surface area contributed by atoms with Gasteiger partial charge in [0.05, 0.1) is 12.8 Å². The Morgan fingerprint density at radius 3 is 2.44 bits per heavy atom. The Balaban J connectivity index is 1.82. The standard InChI is InChI=1S/C15H12NO2/c1-17-13-8-6-12(7-9-13)15-10-14(16-18-15)11-4-2-3-5-11/h2-10H,1H3. The molecule has 2 aromatic rings. The third kappa shape index (κ3) is 2.13. The van der Waals surface area contributed by atoms with Crippen LogP contribution in [-0.2, 0) is 0 Å². The van der Waals surface area contributed by atoms with E-state index in [1.165, 1.54) is 0 Å². The number of aromatic nitrogens is 1. The maximum absolute atomic E-state index is 5.36. The van der Waals surface area contributed by atoms with E-state index in [0.29, 0.717) is 0 Å². The van der Waals surface area contributed by atoms with Crippen molar-refractivity contribution in [3.05, 3.63) is 67.6 Å². The molecule has 0 N–H and O–H groups in total. The lowest BCUT2D eigenvalue weighted by Gasteiger charge is -2.00. The van der Waals surface area contributed by atoms with E-state index in [-0.39, 0.29) is 0 Å². The molecule has 0 bridgehead atoms. The van der Waals surface area contributed by atoms with Gasteiger partial charge in [-0.05, 0) is 49.9 Å². The van der Waals surface area contributed by atoms with Gasteiger partial charge in [-0.15, -0.1) is 0 Å². The molecule has 1 heterocycles. The summed E-state index contributed by atoms with van der Waals surface area (Å²) in [4.78, 5) is 0. The monoisotopic (exact) mass is 238 g/mol. The van der Waals surface area contributed by atoms with Gasteiger partial charge in [0.25, 0.3) is 0 Å². The lowest BCUT2D eigenvalue weighted by Crippen LogP contribution is -1.93. The third-order valence-corrected chi connectivity index (χ3v) is 2.84. The molecule has 3 rings (SSSR count). The number of rotatable bonds is 3. The second-order valence-electron chi connectivity index (χ2n) is 3.98. The molecule has 3 nitrogen and oxygen atoms in total. The Labute approximate surface area is 107 Å². The van der Waals surface area contributed by atoms with E-state index in [1.807, 2.05) is 56.0 Å². The highest BCUT2D eigenvalue weighted by Crippen LogP contribution is 2.32. The van der Waals surface area contributed by atoms with Crippen LogP contribution in [0.25, 0.3) is 11.3 Å². The maximum Gasteiger partial charge on any atom is 0.167 e. The van der Waals surface area contributed by atoms with Crippen molar-refractivity contribution in [1.29, 1.82) is 0 Å². The molecule has 18 heavy (non-hydrogen) atoms. The molecule has 5 radical (unpaired) electrons. The van der Waals surface area contributed by atoms with Crippen molar-refractivity contribution < 1.29 is 9.26 Å². The molecule has 1 aromatic heterocycles. The topological polar surface area (TPSA) is 35.3 Å². The van der Waals surface area contributed by atoms with Gasteiger partial charge in [0.1, 0.15) is 5.75 Å². The lowest BCUT2D eigenvalue weighted by atomic mass is 10.0. The summed E-state index contributed by atoms with van der Waals surface area (Å²) in [5.74, 6) is 2.65. The van der Waals surface area contributed by atoms with E-state index >= 15 is 0 Å². The molecule has 3 heteroatoms. The Bertz CT molecular complexity index is 510. The molecule has 1 fully saturated rings. The minimum atomic E-state index is 0.758. The first-order valence-electron chi connectivity index (χ1n) is 5.70. The highest BCUT2D eigenvalue weighted by atomic mass is 16.5. The summed E-state index contributed by atoms with van der Waals surface area (Å²) in [5.41, 5.74) is 1.84. The SMILES string of the molecule is COc1ccc(-c2cc([C]3[CH][CH][CH][CH]3)no2)cc1. The number of ether oxygens (including phenoxy) is 1. The van der Waals surface area contributed by atoms with Crippen molar-refractivity contribution >= 4 is 0 Å². The highest BCUT2D eigenvalue weighted by Gasteiger charge is 2.22. The first-order valence-corrected chi connectivity index (χ1v) is 5.70. The van der Waals surface area contributed by atoms with Crippen LogP contribution in [0.15, 0.2) is 34.9 Å². The van der Waals surface area contributed by atoms with Crippen LogP contribution < -0.4 is 4.74 Å². The van der Waals surface area contributed by atoms with Crippen LogP contribution in [0.5, 0.6) is 5.75 Å². The van der Waals surface area contributed by atoms with Crippen LogP contribution in [0.2, 0.25) is 0 Å². The first-order chi connectivity index (χ1) is 8.86. The molecular formula is C15H12NO2. The summed E-state index contributed by atoms with van der Waals surface area (Å²) in [7, 11) is 1.65. The Morgan fingerprint density at radius 1 is 1.06 bits per heavy atom. The molecule has 0 amide bonds. The van der Waals surface area contributed by atoms with Gasteiger partial charge >= 0.3 is 0 Å². The molecular weight excluding hydrogens is 226 g/mol. The molecule has 1 aromatic carbocycles. The largest absolute Gasteiger partial charge is 0.497 e. The molecule has 0 spiro atoms. The van der Waals surface area contributed by atoms with Crippen LogP contribution in [-0.4, -0.2) is 12.3 Å². The summed E-state index contributed by atoms with van der Waals surface area (Å²) in [6, 6.07) is 9.65. The predicted octanol–water partition coefficient (Wildman–Crippen LogP) is 3.10. The minimum absolute atomic E-state index is 0.758. The third-order valence-electron chi connectivity index (χ3n) is 2.84. The van der Waals surface area contributed by atoms with Gasteiger partial charge in [-0.3, -0.25) is 0 Å². The number of hydrogen-bond donors (Lipinski definition) is 0. The van der Waals surface area contributed by atoms with Crippen LogP contribution in [0.1, 0.15) is 5.69 Å². The van der Waals surface area contributed by atoms with Crippen molar-refractivity contribution in [2.45, 2.75) is 0 Å². The quantitative estimate of drug-likeness (QED) is 0.824. The Kier molecular flexibility index (Phi) is 3.05. The van der Waals surface area contributed by atoms with Gasteiger partial charge in [0, 0.05) is 17.5 Å². The summed E-state index contributed by atoms with van der Waals surface area (Å²) < 4.78 is 10.5. The van der Waals surface area contributed by atoms with Crippen LogP contribution in [0, 0.1) is 31.6 Å². The van der Waals surface area contributed by atoms with E-state index in [2.05, 4.69) is 5.16 Å². The zero-order valence-corrected chi connectivity index (χ0v) is 9.96. The average Bonchev–Trinajstić information content (AvgIpc) is 3.09. The van der Waals surface area contributed by atoms with E-state index < -0.39 is 0 Å². The fourth-order valence-corrected chi connectivity index (χ4v) is 1.85. The van der Waals surface area contributed by atoms with E-state index in [4.69, 9.17) is 9.26 Å². The normalized spacial score (nSPS) is 16.1. The predicted molar refractivity (Wildman–Crippen MR) is 68.0 cm³/mol. The van der Waals surface area contributed by atoms with Gasteiger partial charge in [-0.2, -0.15) is 0 Å². The second-order valence-corrected chi connectivity index (χ2v) is 3.98. The van der Waals surface area contributed by atoms with E-state index in [1.54, 1.807) is 7.11 Å². The summed E-state index contributed by atoms with van der Waals surface area (Å²) >= 11 is 0. The van der Waals surface area contributed by atoms with Gasteiger partial charge in [0.2, 0.25) is 0 Å². The van der Waals surface area contributed by atoms with Crippen molar-refractivity contribution in [2.75, 3.05) is 7.11 Å². The average molecular weight is 238 g/mol. The van der Waals surface area contributed by atoms with Crippen molar-refractivity contribution in [3.8, 4) is 17.1 Å². The van der Waals surface area contributed by atoms with Gasteiger partial charge in [-0.1, -0.05) is 5.16 Å². The minimum Gasteiger partial charge on any atom is -0.497 e. The smallest absolute Gasteiger partial charge is 0.167 e. The molecule has 1 aliphatic rings. The van der Waals surface area contributed by atoms with Gasteiger partial charge in [-0.25, -0.2) is 0 Å². The lowest BCUT2D eigenvalue weighted by molar-refractivity contribution is 0.414. The van der Waals surface area contributed by atoms with Gasteiger partial charge < -0.3 is 9.26 Å². The van der Waals surface area contributed by atoms with Crippen LogP contribution in [0.3, 0.4) is 0 Å². The van der Waals surface area contributed by atoms with E-state index in [0.717, 1.165) is 28.7 Å². The summed E-state index contributed by atoms with van der Waals surface area (Å²) in [6.45, 7) is 0. The fourth-order valence-electron chi connectivity index (χ4n) is 1.85. The second kappa shape index (κ2) is 4.84. The van der Waals surface area contributed by atoms with Crippen molar-refractivity contribution in [1.82, 2.24) is 5.16 Å². The zero-order chi connectivity index (χ0) is 12.4. The number of nitrogens with zero attached hydrogens (tertiary/aromatic N) is 1. The number of hydrogen-bond acceptors (Lipinski definition) is 3. The summed E-state index contributed by atoms with van der Waals surface area (Å²) in [5, 5.41) is 4.07. The molecule has 0 atom stereocenters. The Morgan fingerprint density at radius 2 is 1.78 bits per heavy atom. The number of methoxy groups -OCH3 is 1. The molecule has 0 saturated heterocycles. The van der Waals surface area contributed by atoms with E-state index in [9.17, 15) is 0 Å². The van der Waals surface area contributed by atoms with Gasteiger partial charge in [0.15, 0.2) is 5.76 Å². The van der Waals surface area contributed by atoms with Crippen LogP contribution in [0.4, 0.5) is 0 Å². The molecule has 89 valence electrons. The Hall–Kier alpha value is -1.77. The van der Waals surface area contributed by atoms with Crippen molar-refractivity contribution in [3.63, 3.8) is 0 Å². The molecule has 0 unspecified atom stereocenters. The number of benzene rings is 1. The maximum atomic E-state index is 5.36.